The van der Waals surface area contributed by atoms with E-state index in [-0.39, 0.29) is 16.5 Å². The Labute approximate surface area is 95.4 Å². The molecule has 0 aromatic heterocycles. The molecule has 0 heterocycles. The van der Waals surface area contributed by atoms with Crippen molar-refractivity contribution >= 4 is 21.6 Å². The molecule has 0 N–H and O–H groups in total. The molecule has 0 atom stereocenters. The fourth-order valence-corrected chi connectivity index (χ4v) is 1.95. The Bertz CT molecular complexity index is 454. The first kappa shape index (κ1) is 10.1. The van der Waals surface area contributed by atoms with Crippen molar-refractivity contribution in [3.63, 3.8) is 0 Å². The van der Waals surface area contributed by atoms with Gasteiger partial charge in [-0.1, -0.05) is 46.3 Å². The Kier molecular flexibility index (Phi) is 2.68. The molecule has 15 heavy (non-hydrogen) atoms. The van der Waals surface area contributed by atoms with E-state index in [9.17, 15) is 10.1 Å². The summed E-state index contributed by atoms with van der Waals surface area (Å²) < 4.78 is 0.726. The SMILES string of the molecule is O=[N+]([O-])c1cc(Br)ccc1C1C=CC=C1. The monoisotopic (exact) mass is 265 g/mol. The summed E-state index contributed by atoms with van der Waals surface area (Å²) in [5.41, 5.74) is 0.888. The first-order valence-electron chi connectivity index (χ1n) is 4.47. The van der Waals surface area contributed by atoms with E-state index in [1.165, 1.54) is 6.07 Å². The van der Waals surface area contributed by atoms with Crippen molar-refractivity contribution in [2.24, 2.45) is 0 Å². The van der Waals surface area contributed by atoms with Crippen LogP contribution in [0.5, 0.6) is 0 Å². The van der Waals surface area contributed by atoms with Crippen LogP contribution in [0.25, 0.3) is 0 Å². The van der Waals surface area contributed by atoms with Gasteiger partial charge in [-0.25, -0.2) is 0 Å². The van der Waals surface area contributed by atoms with Gasteiger partial charge in [-0.2, -0.15) is 0 Å². The van der Waals surface area contributed by atoms with Gasteiger partial charge in [0.05, 0.1) is 4.92 Å². The summed E-state index contributed by atoms with van der Waals surface area (Å²) in [6.45, 7) is 0. The second-order valence-corrected chi connectivity index (χ2v) is 4.17. The third-order valence-electron chi connectivity index (χ3n) is 2.30. The molecular weight excluding hydrogens is 258 g/mol. The fourth-order valence-electron chi connectivity index (χ4n) is 1.60. The highest BCUT2D eigenvalue weighted by Crippen LogP contribution is 2.32. The van der Waals surface area contributed by atoms with Crippen molar-refractivity contribution in [2.45, 2.75) is 5.92 Å². The number of benzene rings is 1. The average molecular weight is 266 g/mol. The third-order valence-corrected chi connectivity index (χ3v) is 2.79. The Morgan fingerprint density at radius 1 is 1.27 bits per heavy atom. The average Bonchev–Trinajstić information content (AvgIpc) is 2.70. The van der Waals surface area contributed by atoms with Gasteiger partial charge < -0.3 is 0 Å². The van der Waals surface area contributed by atoms with Crippen LogP contribution in [0.2, 0.25) is 0 Å². The van der Waals surface area contributed by atoms with Crippen LogP contribution in [0, 0.1) is 10.1 Å². The Morgan fingerprint density at radius 3 is 2.53 bits per heavy atom. The van der Waals surface area contributed by atoms with Crippen LogP contribution in [-0.2, 0) is 0 Å². The second-order valence-electron chi connectivity index (χ2n) is 3.26. The molecule has 1 aromatic carbocycles. The van der Waals surface area contributed by atoms with E-state index in [1.54, 1.807) is 6.07 Å². The minimum atomic E-state index is -0.347. The largest absolute Gasteiger partial charge is 0.274 e. The van der Waals surface area contributed by atoms with Gasteiger partial charge in [-0.15, -0.1) is 0 Å². The molecule has 4 heteroatoms. The standard InChI is InChI=1S/C11H8BrNO2/c12-9-5-6-10(8-3-1-2-4-8)11(7-9)13(14)15/h1-8H. The van der Waals surface area contributed by atoms with E-state index < -0.39 is 0 Å². The lowest BCUT2D eigenvalue weighted by Gasteiger charge is -2.06. The lowest BCUT2D eigenvalue weighted by Crippen LogP contribution is -1.97. The molecular formula is C11H8BrNO2. The van der Waals surface area contributed by atoms with E-state index >= 15 is 0 Å². The first-order valence-corrected chi connectivity index (χ1v) is 5.26. The summed E-state index contributed by atoms with van der Waals surface area (Å²) in [6, 6.07) is 5.14. The van der Waals surface area contributed by atoms with Crippen molar-refractivity contribution in [3.05, 3.63) is 62.7 Å². The minimum absolute atomic E-state index is 0.0264. The smallest absolute Gasteiger partial charge is 0.258 e. The lowest BCUT2D eigenvalue weighted by molar-refractivity contribution is -0.385. The number of nitrogens with zero attached hydrogens (tertiary/aromatic N) is 1. The zero-order valence-corrected chi connectivity index (χ0v) is 9.35. The quantitative estimate of drug-likeness (QED) is 0.606. The number of allylic oxidation sites excluding steroid dienone is 4. The number of nitro benzene ring substituents is 1. The topological polar surface area (TPSA) is 43.1 Å². The van der Waals surface area contributed by atoms with Crippen molar-refractivity contribution in [1.29, 1.82) is 0 Å². The summed E-state index contributed by atoms with van der Waals surface area (Å²) in [4.78, 5) is 10.5. The van der Waals surface area contributed by atoms with Crippen LogP contribution in [0.4, 0.5) is 5.69 Å². The van der Waals surface area contributed by atoms with Crippen LogP contribution in [0.15, 0.2) is 47.0 Å². The number of rotatable bonds is 2. The van der Waals surface area contributed by atoms with Gasteiger partial charge in [0.25, 0.3) is 5.69 Å². The van der Waals surface area contributed by atoms with Crippen LogP contribution >= 0.6 is 15.9 Å². The van der Waals surface area contributed by atoms with Crippen LogP contribution in [0.1, 0.15) is 11.5 Å². The molecule has 3 nitrogen and oxygen atoms in total. The molecule has 2 rings (SSSR count). The van der Waals surface area contributed by atoms with Gasteiger partial charge in [0.1, 0.15) is 0 Å². The van der Waals surface area contributed by atoms with E-state index in [1.807, 2.05) is 30.4 Å². The summed E-state index contributed by atoms with van der Waals surface area (Å²) in [7, 11) is 0. The van der Waals surface area contributed by atoms with Gasteiger partial charge in [0.15, 0.2) is 0 Å². The fraction of sp³-hybridized carbons (Fsp3) is 0.0909. The normalized spacial score (nSPS) is 14.7. The lowest BCUT2D eigenvalue weighted by atomic mass is 9.99. The maximum absolute atomic E-state index is 10.9. The van der Waals surface area contributed by atoms with E-state index in [4.69, 9.17) is 0 Å². The second kappa shape index (κ2) is 3.98. The zero-order valence-electron chi connectivity index (χ0n) is 7.76. The Hall–Kier alpha value is -1.42. The predicted molar refractivity (Wildman–Crippen MR) is 61.8 cm³/mol. The molecule has 0 radical (unpaired) electrons. The van der Waals surface area contributed by atoms with Crippen molar-refractivity contribution < 1.29 is 4.92 Å². The molecule has 0 aliphatic heterocycles. The molecule has 76 valence electrons. The van der Waals surface area contributed by atoms with E-state index in [0.29, 0.717) is 0 Å². The number of nitro groups is 1. The molecule has 1 aromatic rings. The van der Waals surface area contributed by atoms with Crippen molar-refractivity contribution in [2.75, 3.05) is 0 Å². The van der Waals surface area contributed by atoms with Crippen molar-refractivity contribution in [3.8, 4) is 0 Å². The highest BCUT2D eigenvalue weighted by Gasteiger charge is 2.19. The molecule has 0 saturated heterocycles. The highest BCUT2D eigenvalue weighted by molar-refractivity contribution is 9.10. The molecule has 0 fully saturated rings. The maximum atomic E-state index is 10.9. The summed E-state index contributed by atoms with van der Waals surface area (Å²) in [5, 5.41) is 10.9. The molecule has 0 spiro atoms. The summed E-state index contributed by atoms with van der Waals surface area (Å²) in [5.74, 6) is 0.0264. The van der Waals surface area contributed by atoms with Gasteiger partial charge >= 0.3 is 0 Å². The third kappa shape index (κ3) is 1.99. The molecule has 1 aliphatic rings. The van der Waals surface area contributed by atoms with Gasteiger partial charge in [0.2, 0.25) is 0 Å². The van der Waals surface area contributed by atoms with E-state index in [2.05, 4.69) is 15.9 Å². The van der Waals surface area contributed by atoms with Gasteiger partial charge in [0, 0.05) is 22.0 Å². The van der Waals surface area contributed by atoms with Gasteiger partial charge in [-0.05, 0) is 6.07 Å². The predicted octanol–water partition coefficient (Wildman–Crippen LogP) is 3.57. The zero-order chi connectivity index (χ0) is 10.8. The Morgan fingerprint density at radius 2 is 1.93 bits per heavy atom. The van der Waals surface area contributed by atoms with Crippen molar-refractivity contribution in [1.82, 2.24) is 0 Å². The Balaban J connectivity index is 2.50. The minimum Gasteiger partial charge on any atom is -0.258 e. The highest BCUT2D eigenvalue weighted by atomic mass is 79.9. The molecule has 0 saturated carbocycles. The number of hydrogen-bond acceptors (Lipinski definition) is 2. The molecule has 0 unspecified atom stereocenters. The number of hydrogen-bond donors (Lipinski definition) is 0. The van der Waals surface area contributed by atoms with Crippen LogP contribution in [-0.4, -0.2) is 4.92 Å². The van der Waals surface area contributed by atoms with E-state index in [0.717, 1.165) is 10.0 Å². The van der Waals surface area contributed by atoms with Crippen LogP contribution in [0.3, 0.4) is 0 Å². The molecule has 0 amide bonds. The number of halogens is 1. The maximum Gasteiger partial charge on any atom is 0.274 e. The molecule has 0 bridgehead atoms. The van der Waals surface area contributed by atoms with Gasteiger partial charge in [-0.3, -0.25) is 10.1 Å². The first-order chi connectivity index (χ1) is 7.18. The molecule has 1 aliphatic carbocycles. The summed E-state index contributed by atoms with van der Waals surface area (Å²) in [6.07, 6.45) is 7.68. The van der Waals surface area contributed by atoms with Crippen LogP contribution < -0.4 is 0 Å². The summed E-state index contributed by atoms with van der Waals surface area (Å²) >= 11 is 3.23.